The van der Waals surface area contributed by atoms with Crippen molar-refractivity contribution < 1.29 is 21.7 Å². The minimum Gasteiger partial charge on any atom is -0.199 e. The Morgan fingerprint density at radius 2 is 1.15 bits per heavy atom. The molecular weight excluding hydrogens is 532 g/mol. The Morgan fingerprint density at radius 3 is 1.73 bits per heavy atom. The summed E-state index contributed by atoms with van der Waals surface area (Å²) in [4.78, 5) is 0. The van der Waals surface area contributed by atoms with Crippen LogP contribution in [0.25, 0.3) is 21.9 Å². The molecule has 1 aliphatic carbocycles. The van der Waals surface area contributed by atoms with Gasteiger partial charge in [-0.2, -0.15) is 96.6 Å². The first kappa shape index (κ1) is 32.6. The molecule has 0 aromatic heterocycles. The molecule has 6 aromatic carbocycles. The first-order chi connectivity index (χ1) is 19.1. The molecule has 0 amide bonds. The average molecular weight is 569 g/mol. The molecule has 0 nitrogen and oxygen atoms in total. The van der Waals surface area contributed by atoms with Gasteiger partial charge in [-0.3, -0.25) is 0 Å². The van der Waals surface area contributed by atoms with Crippen LogP contribution in [0.5, 0.6) is 0 Å². The summed E-state index contributed by atoms with van der Waals surface area (Å²) in [5.41, 5.74) is 7.65. The van der Waals surface area contributed by atoms with Crippen LogP contribution in [0.2, 0.25) is 13.1 Å². The Morgan fingerprint density at radius 1 is 0.625 bits per heavy atom. The topological polar surface area (TPSA) is 0 Å². The van der Waals surface area contributed by atoms with Gasteiger partial charge in [-0.15, -0.1) is 59.5 Å². The second-order valence-electron chi connectivity index (χ2n) is 9.02. The SMILES string of the molecule is C[Si]C.[CH2-]c1ccccc1.[CH2-]c1ccccc1.[Ti+4].[c-]1cccc2c1Cc1ccccc1-2.c1ccc2[cH-]ccc2c1. The van der Waals surface area contributed by atoms with Gasteiger partial charge in [0.1, 0.15) is 0 Å². The van der Waals surface area contributed by atoms with E-state index in [1.807, 2.05) is 66.7 Å². The summed E-state index contributed by atoms with van der Waals surface area (Å²) in [6.45, 7) is 11.7. The standard InChI is InChI=1S/C13H9.C9H7.2C7H7.C2H6Si.Ti/c1-3-7-12-10(5-1)9-11-6-2-4-8-13(11)12;1-2-5-9-7-3-6-8(9)4-1;2*1-7-5-3-2-4-6-7;1-3-2;/h1-5,7-8H,9H2;1-7H;2*2-6H,1H2;1-2H3;/q4*-1;;+4. The molecule has 196 valence electrons. The number of benzene rings is 5. The fourth-order valence-electron chi connectivity index (χ4n) is 4.02. The van der Waals surface area contributed by atoms with E-state index in [0.717, 1.165) is 27.1 Å². The van der Waals surface area contributed by atoms with Crippen LogP contribution in [0.15, 0.2) is 146 Å². The minimum absolute atomic E-state index is 0. The summed E-state index contributed by atoms with van der Waals surface area (Å²) >= 11 is 0. The molecule has 0 saturated heterocycles. The second-order valence-corrected chi connectivity index (χ2v) is 10.0. The second kappa shape index (κ2) is 18.6. The normalized spacial score (nSPS) is 9.75. The first-order valence-corrected chi connectivity index (χ1v) is 15.1. The van der Waals surface area contributed by atoms with Crippen LogP contribution in [0.3, 0.4) is 0 Å². The number of hydrogen-bond acceptors (Lipinski definition) is 0. The summed E-state index contributed by atoms with van der Waals surface area (Å²) in [6, 6.07) is 52.5. The van der Waals surface area contributed by atoms with E-state index >= 15 is 0 Å². The third kappa shape index (κ3) is 10.9. The summed E-state index contributed by atoms with van der Waals surface area (Å²) in [6.07, 6.45) is 1.05. The van der Waals surface area contributed by atoms with Gasteiger partial charge in [0.05, 0.1) is 0 Å². The molecule has 0 atom stereocenters. The molecule has 1 aliphatic rings. The molecule has 0 fully saturated rings. The fraction of sp³-hybridized carbons (Fsp3) is 0.0789. The van der Waals surface area contributed by atoms with Crippen molar-refractivity contribution in [2.45, 2.75) is 19.5 Å². The van der Waals surface area contributed by atoms with Crippen molar-refractivity contribution in [1.82, 2.24) is 0 Å². The molecule has 2 heteroatoms. The zero-order valence-electron chi connectivity index (χ0n) is 23.5. The molecule has 0 aliphatic heterocycles. The average Bonchev–Trinajstić information content (AvgIpc) is 3.60. The van der Waals surface area contributed by atoms with Gasteiger partial charge < -0.3 is 0 Å². The van der Waals surface area contributed by atoms with Gasteiger partial charge in [0.2, 0.25) is 0 Å². The van der Waals surface area contributed by atoms with Crippen molar-refractivity contribution in [2.24, 2.45) is 0 Å². The van der Waals surface area contributed by atoms with Crippen molar-refractivity contribution in [1.29, 1.82) is 0 Å². The van der Waals surface area contributed by atoms with E-state index in [9.17, 15) is 0 Å². The molecule has 6 aromatic rings. The zero-order chi connectivity index (χ0) is 27.7. The van der Waals surface area contributed by atoms with Crippen molar-refractivity contribution in [2.75, 3.05) is 0 Å². The Labute approximate surface area is 259 Å². The number of hydrogen-bond donors (Lipinski definition) is 0. The van der Waals surface area contributed by atoms with Gasteiger partial charge >= 0.3 is 21.7 Å². The van der Waals surface area contributed by atoms with Gasteiger partial charge in [-0.25, -0.2) is 0 Å². The van der Waals surface area contributed by atoms with Crippen LogP contribution in [0, 0.1) is 19.9 Å². The molecule has 7 rings (SSSR count). The van der Waals surface area contributed by atoms with Gasteiger partial charge in [0.25, 0.3) is 0 Å². The van der Waals surface area contributed by atoms with Gasteiger partial charge in [0, 0.05) is 9.52 Å². The summed E-state index contributed by atoms with van der Waals surface area (Å²) in [7, 11) is 1.08. The quantitative estimate of drug-likeness (QED) is 0.126. The predicted molar refractivity (Wildman–Crippen MR) is 172 cm³/mol. The van der Waals surface area contributed by atoms with Crippen LogP contribution >= 0.6 is 0 Å². The van der Waals surface area contributed by atoms with Crippen molar-refractivity contribution in [3.8, 4) is 11.1 Å². The molecule has 40 heavy (non-hydrogen) atoms. The van der Waals surface area contributed by atoms with Gasteiger partial charge in [-0.1, -0.05) is 66.7 Å². The molecule has 0 spiro atoms. The monoisotopic (exact) mass is 568 g/mol. The van der Waals surface area contributed by atoms with E-state index < -0.39 is 0 Å². The Balaban J connectivity index is 0.000000185. The van der Waals surface area contributed by atoms with E-state index in [2.05, 4.69) is 112 Å². The van der Waals surface area contributed by atoms with Crippen molar-refractivity contribution >= 4 is 20.3 Å². The smallest absolute Gasteiger partial charge is 0.199 e. The molecule has 0 N–H and O–H groups in total. The summed E-state index contributed by atoms with van der Waals surface area (Å²) < 4.78 is 0. The maximum Gasteiger partial charge on any atom is 4.00 e. The van der Waals surface area contributed by atoms with E-state index in [0.29, 0.717) is 0 Å². The number of rotatable bonds is 0. The van der Waals surface area contributed by atoms with Crippen LogP contribution < -0.4 is 0 Å². The van der Waals surface area contributed by atoms with Crippen molar-refractivity contribution in [3.63, 3.8) is 0 Å². The van der Waals surface area contributed by atoms with E-state index in [4.69, 9.17) is 0 Å². The van der Waals surface area contributed by atoms with E-state index in [-0.39, 0.29) is 21.7 Å². The Bertz CT molecular complexity index is 1380. The maximum absolute atomic E-state index is 3.72. The molecular formula is C38H36SiTi. The number of fused-ring (bicyclic) bond motifs is 4. The zero-order valence-corrected chi connectivity index (χ0v) is 26.0. The van der Waals surface area contributed by atoms with Crippen LogP contribution in [0.4, 0.5) is 0 Å². The van der Waals surface area contributed by atoms with E-state index in [1.165, 1.54) is 33.0 Å². The molecule has 2 radical (unpaired) electrons. The Kier molecular flexibility index (Phi) is 15.2. The van der Waals surface area contributed by atoms with Gasteiger partial charge in [0.15, 0.2) is 0 Å². The Hall–Kier alpha value is -3.62. The summed E-state index contributed by atoms with van der Waals surface area (Å²) in [5, 5.41) is 2.66. The molecule has 0 saturated carbocycles. The molecule has 0 heterocycles. The van der Waals surface area contributed by atoms with Gasteiger partial charge in [-0.05, 0) is 6.42 Å². The third-order valence-corrected chi connectivity index (χ3v) is 5.85. The van der Waals surface area contributed by atoms with Crippen LogP contribution in [-0.4, -0.2) is 9.52 Å². The molecule has 0 bridgehead atoms. The van der Waals surface area contributed by atoms with Crippen LogP contribution in [-0.2, 0) is 28.1 Å². The maximum atomic E-state index is 3.72. The van der Waals surface area contributed by atoms with Crippen LogP contribution in [0.1, 0.15) is 22.3 Å². The first-order valence-electron chi connectivity index (χ1n) is 13.1. The largest absolute Gasteiger partial charge is 4.00 e. The van der Waals surface area contributed by atoms with Crippen molar-refractivity contribution in [3.05, 3.63) is 188 Å². The predicted octanol–water partition coefficient (Wildman–Crippen LogP) is 10.1. The summed E-state index contributed by atoms with van der Waals surface area (Å²) in [5.74, 6) is 0. The van der Waals surface area contributed by atoms with E-state index in [1.54, 1.807) is 0 Å². The minimum atomic E-state index is 0. The molecule has 0 unspecified atom stereocenters. The fourth-order valence-corrected chi connectivity index (χ4v) is 4.02. The third-order valence-electron chi connectivity index (χ3n) is 5.85.